The highest BCUT2D eigenvalue weighted by Gasteiger charge is 2.48. The molecular weight excluding hydrogens is 364 g/mol. The highest BCUT2D eigenvalue weighted by atomic mass is 15.4. The minimum atomic E-state index is -0.0447. The van der Waals surface area contributed by atoms with Gasteiger partial charge in [0, 0.05) is 37.8 Å². The predicted molar refractivity (Wildman–Crippen MR) is 129 cm³/mol. The van der Waals surface area contributed by atoms with Crippen LogP contribution < -0.4 is 0 Å². The lowest BCUT2D eigenvalue weighted by atomic mass is 9.78. The van der Waals surface area contributed by atoms with Crippen molar-refractivity contribution < 1.29 is 0 Å². The average molecular weight is 405 g/mol. The Balaban J connectivity index is 1.96. The van der Waals surface area contributed by atoms with Gasteiger partial charge < -0.3 is 9.80 Å². The summed E-state index contributed by atoms with van der Waals surface area (Å²) < 4.78 is 0. The molecule has 2 heteroatoms. The normalized spacial score (nSPS) is 19.4. The molecular formula is C28H40N2. The Bertz CT molecular complexity index is 755. The molecule has 162 valence electrons. The smallest absolute Gasteiger partial charge is 0.123 e. The van der Waals surface area contributed by atoms with Crippen LogP contribution in [-0.4, -0.2) is 28.6 Å². The SMILES string of the molecule is CCCCCCCN1C=CN(CC)C1(Cc1ccccc1)C(CC)c1ccccc1. The summed E-state index contributed by atoms with van der Waals surface area (Å²) in [6.07, 6.45) is 13.5. The Morgan fingerprint density at radius 2 is 1.37 bits per heavy atom. The lowest BCUT2D eigenvalue weighted by Crippen LogP contribution is -2.59. The number of likely N-dealkylation sites (N-methyl/N-ethyl adjacent to an activating group) is 1. The van der Waals surface area contributed by atoms with E-state index in [-0.39, 0.29) is 5.66 Å². The largest absolute Gasteiger partial charge is 0.353 e. The highest BCUT2D eigenvalue weighted by molar-refractivity contribution is 5.30. The first-order chi connectivity index (χ1) is 14.8. The average Bonchev–Trinajstić information content (AvgIpc) is 3.13. The predicted octanol–water partition coefficient (Wildman–Crippen LogP) is 7.20. The number of hydrogen-bond acceptors (Lipinski definition) is 2. The second-order valence-electron chi connectivity index (χ2n) is 8.60. The van der Waals surface area contributed by atoms with Crippen LogP contribution in [0.5, 0.6) is 0 Å². The van der Waals surface area contributed by atoms with E-state index in [1.807, 2.05) is 0 Å². The molecule has 0 saturated carbocycles. The van der Waals surface area contributed by atoms with Crippen LogP contribution in [-0.2, 0) is 6.42 Å². The summed E-state index contributed by atoms with van der Waals surface area (Å²) in [5, 5.41) is 0. The molecule has 0 amide bonds. The van der Waals surface area contributed by atoms with Gasteiger partial charge >= 0.3 is 0 Å². The van der Waals surface area contributed by atoms with Gasteiger partial charge in [0.25, 0.3) is 0 Å². The first-order valence-corrected chi connectivity index (χ1v) is 12.1. The molecule has 2 atom stereocenters. The minimum absolute atomic E-state index is 0.0447. The number of unbranched alkanes of at least 4 members (excludes halogenated alkanes) is 4. The van der Waals surface area contributed by atoms with Crippen molar-refractivity contribution in [3.8, 4) is 0 Å². The zero-order valence-corrected chi connectivity index (χ0v) is 19.3. The van der Waals surface area contributed by atoms with Crippen molar-refractivity contribution >= 4 is 0 Å². The minimum Gasteiger partial charge on any atom is -0.353 e. The van der Waals surface area contributed by atoms with E-state index >= 15 is 0 Å². The third-order valence-corrected chi connectivity index (χ3v) is 6.74. The molecule has 0 N–H and O–H groups in total. The highest BCUT2D eigenvalue weighted by Crippen LogP contribution is 2.44. The third-order valence-electron chi connectivity index (χ3n) is 6.74. The first kappa shape index (κ1) is 22.5. The first-order valence-electron chi connectivity index (χ1n) is 12.1. The van der Waals surface area contributed by atoms with Crippen LogP contribution in [0.1, 0.15) is 76.3 Å². The van der Waals surface area contributed by atoms with Crippen molar-refractivity contribution in [3.05, 3.63) is 84.2 Å². The zero-order chi connectivity index (χ0) is 21.2. The van der Waals surface area contributed by atoms with Crippen LogP contribution >= 0.6 is 0 Å². The van der Waals surface area contributed by atoms with E-state index in [0.717, 1.165) is 25.9 Å². The van der Waals surface area contributed by atoms with E-state index in [2.05, 4.69) is 104 Å². The Kier molecular flexibility index (Phi) is 8.42. The Hall–Kier alpha value is -2.22. The van der Waals surface area contributed by atoms with Crippen molar-refractivity contribution in [2.75, 3.05) is 13.1 Å². The molecule has 2 nitrogen and oxygen atoms in total. The van der Waals surface area contributed by atoms with Gasteiger partial charge in [0.05, 0.1) is 0 Å². The van der Waals surface area contributed by atoms with E-state index in [1.165, 1.54) is 43.2 Å². The van der Waals surface area contributed by atoms with Gasteiger partial charge in [0.1, 0.15) is 5.66 Å². The lowest BCUT2D eigenvalue weighted by molar-refractivity contribution is -0.00000450. The molecule has 2 aromatic rings. The van der Waals surface area contributed by atoms with Crippen molar-refractivity contribution in [1.29, 1.82) is 0 Å². The molecule has 2 aromatic carbocycles. The van der Waals surface area contributed by atoms with Crippen LogP contribution in [0.25, 0.3) is 0 Å². The van der Waals surface area contributed by atoms with Crippen LogP contribution in [0.4, 0.5) is 0 Å². The molecule has 1 heterocycles. The number of benzene rings is 2. The number of nitrogens with zero attached hydrogens (tertiary/aromatic N) is 2. The molecule has 0 spiro atoms. The second-order valence-corrected chi connectivity index (χ2v) is 8.60. The fourth-order valence-corrected chi connectivity index (χ4v) is 5.25. The Labute approximate surface area is 184 Å². The van der Waals surface area contributed by atoms with Gasteiger partial charge in [-0.25, -0.2) is 0 Å². The molecule has 0 aromatic heterocycles. The van der Waals surface area contributed by atoms with Crippen LogP contribution in [0.2, 0.25) is 0 Å². The summed E-state index contributed by atoms with van der Waals surface area (Å²) in [6, 6.07) is 22.3. The van der Waals surface area contributed by atoms with E-state index in [4.69, 9.17) is 0 Å². The number of rotatable bonds is 12. The summed E-state index contributed by atoms with van der Waals surface area (Å²) in [6.45, 7) is 9.10. The Morgan fingerprint density at radius 1 is 0.733 bits per heavy atom. The van der Waals surface area contributed by atoms with Crippen LogP contribution in [0.3, 0.4) is 0 Å². The lowest BCUT2D eigenvalue weighted by Gasteiger charge is -2.51. The van der Waals surface area contributed by atoms with Gasteiger partial charge in [-0.2, -0.15) is 0 Å². The molecule has 1 aliphatic rings. The fraction of sp³-hybridized carbons (Fsp3) is 0.500. The second kappa shape index (κ2) is 11.2. The van der Waals surface area contributed by atoms with Crippen molar-refractivity contribution in [2.24, 2.45) is 0 Å². The van der Waals surface area contributed by atoms with E-state index in [0.29, 0.717) is 5.92 Å². The van der Waals surface area contributed by atoms with Crippen molar-refractivity contribution in [3.63, 3.8) is 0 Å². The molecule has 0 saturated heterocycles. The summed E-state index contributed by atoms with van der Waals surface area (Å²) in [5.74, 6) is 0.449. The summed E-state index contributed by atoms with van der Waals surface area (Å²) >= 11 is 0. The topological polar surface area (TPSA) is 6.48 Å². The molecule has 0 bridgehead atoms. The summed E-state index contributed by atoms with van der Waals surface area (Å²) in [5.41, 5.74) is 2.83. The quantitative estimate of drug-likeness (QED) is 0.345. The third kappa shape index (κ3) is 4.91. The van der Waals surface area contributed by atoms with Crippen molar-refractivity contribution in [2.45, 2.75) is 77.3 Å². The van der Waals surface area contributed by atoms with Gasteiger partial charge in [-0.15, -0.1) is 0 Å². The molecule has 0 aliphatic carbocycles. The van der Waals surface area contributed by atoms with Crippen LogP contribution in [0, 0.1) is 0 Å². The van der Waals surface area contributed by atoms with Gasteiger partial charge in [-0.3, -0.25) is 0 Å². The van der Waals surface area contributed by atoms with E-state index < -0.39 is 0 Å². The summed E-state index contributed by atoms with van der Waals surface area (Å²) in [4.78, 5) is 5.28. The molecule has 3 rings (SSSR count). The Morgan fingerprint density at radius 3 is 2.00 bits per heavy atom. The van der Waals surface area contributed by atoms with Gasteiger partial charge in [-0.05, 0) is 30.9 Å². The molecule has 0 fully saturated rings. The van der Waals surface area contributed by atoms with Gasteiger partial charge in [-0.1, -0.05) is 100 Å². The maximum atomic E-state index is 2.68. The zero-order valence-electron chi connectivity index (χ0n) is 19.3. The number of hydrogen-bond donors (Lipinski definition) is 0. The molecule has 0 radical (unpaired) electrons. The van der Waals surface area contributed by atoms with Crippen LogP contribution in [0.15, 0.2) is 73.1 Å². The maximum Gasteiger partial charge on any atom is 0.123 e. The fourth-order valence-electron chi connectivity index (χ4n) is 5.25. The monoisotopic (exact) mass is 404 g/mol. The van der Waals surface area contributed by atoms with E-state index in [1.54, 1.807) is 0 Å². The standard InChI is InChI=1S/C28H40N2/c1-4-7-8-9-16-21-30-23-22-29(6-3)28(30,24-25-17-12-10-13-18-25)27(5-2)26-19-14-11-15-20-26/h10-15,17-20,22-23,27H,4-9,16,21,24H2,1-3H3. The van der Waals surface area contributed by atoms with Crippen molar-refractivity contribution in [1.82, 2.24) is 9.80 Å². The summed E-state index contributed by atoms with van der Waals surface area (Å²) in [7, 11) is 0. The van der Waals surface area contributed by atoms with Gasteiger partial charge in [0.2, 0.25) is 0 Å². The molecule has 2 unspecified atom stereocenters. The maximum absolute atomic E-state index is 2.68. The molecule has 1 aliphatic heterocycles. The van der Waals surface area contributed by atoms with E-state index in [9.17, 15) is 0 Å². The molecule has 30 heavy (non-hydrogen) atoms. The van der Waals surface area contributed by atoms with Gasteiger partial charge in [0.15, 0.2) is 0 Å².